The number of fused-ring (bicyclic) bond motifs is 1. The van der Waals surface area contributed by atoms with Gasteiger partial charge in [-0.2, -0.15) is 0 Å². The highest BCUT2D eigenvalue weighted by molar-refractivity contribution is 5.95. The van der Waals surface area contributed by atoms with Crippen molar-refractivity contribution in [3.8, 4) is 0 Å². The second-order valence-corrected chi connectivity index (χ2v) is 5.66. The number of hydrogen-bond acceptors (Lipinski definition) is 3. The molecule has 1 aliphatic heterocycles. The summed E-state index contributed by atoms with van der Waals surface area (Å²) in [4.78, 5) is 14.5. The third-order valence-electron chi connectivity index (χ3n) is 4.03. The molecule has 1 aliphatic rings. The van der Waals surface area contributed by atoms with E-state index >= 15 is 0 Å². The standard InChI is InChI=1S/C17H22N2O2.ClH/c20-17(16-13-14-7-1-2-8-15(14)21-16)18-9-3-4-10-19-11-5-6-12-19;/h1-2,7-8,13H,3-6,9-12H2,(H,18,20);1H. The molecular weight excluding hydrogens is 300 g/mol. The molecule has 120 valence electrons. The van der Waals surface area contributed by atoms with E-state index in [1.165, 1.54) is 25.9 Å². The molecule has 1 aromatic carbocycles. The maximum atomic E-state index is 12.0. The van der Waals surface area contributed by atoms with Crippen LogP contribution in [0, 0.1) is 0 Å². The van der Waals surface area contributed by atoms with Gasteiger partial charge in [0.25, 0.3) is 5.91 Å². The number of nitrogens with one attached hydrogen (secondary N) is 1. The van der Waals surface area contributed by atoms with Gasteiger partial charge < -0.3 is 14.6 Å². The molecule has 1 aromatic heterocycles. The number of halogens is 1. The first-order valence-electron chi connectivity index (χ1n) is 7.82. The molecule has 0 spiro atoms. The molecule has 0 bridgehead atoms. The Morgan fingerprint density at radius 2 is 1.95 bits per heavy atom. The summed E-state index contributed by atoms with van der Waals surface area (Å²) in [5.41, 5.74) is 0.761. The van der Waals surface area contributed by atoms with E-state index in [1.807, 2.05) is 24.3 Å². The molecule has 0 unspecified atom stereocenters. The highest BCUT2D eigenvalue weighted by atomic mass is 35.5. The van der Waals surface area contributed by atoms with Crippen LogP contribution in [0.4, 0.5) is 0 Å². The minimum atomic E-state index is -0.118. The fourth-order valence-corrected chi connectivity index (χ4v) is 2.85. The van der Waals surface area contributed by atoms with Crippen LogP contribution < -0.4 is 5.32 Å². The molecule has 0 aliphatic carbocycles. The average molecular weight is 323 g/mol. The van der Waals surface area contributed by atoms with Gasteiger partial charge in [-0.3, -0.25) is 4.79 Å². The minimum Gasteiger partial charge on any atom is -0.451 e. The lowest BCUT2D eigenvalue weighted by Gasteiger charge is -2.13. The van der Waals surface area contributed by atoms with Crippen LogP contribution in [0.25, 0.3) is 11.0 Å². The Morgan fingerprint density at radius 1 is 1.18 bits per heavy atom. The zero-order valence-electron chi connectivity index (χ0n) is 12.7. The molecule has 1 fully saturated rings. The summed E-state index contributed by atoms with van der Waals surface area (Å²) in [5.74, 6) is 0.281. The highest BCUT2D eigenvalue weighted by Crippen LogP contribution is 2.18. The number of furan rings is 1. The predicted octanol–water partition coefficient (Wildman–Crippen LogP) is 3.46. The van der Waals surface area contributed by atoms with Crippen LogP contribution in [0.15, 0.2) is 34.7 Å². The molecule has 3 rings (SSSR count). The Hall–Kier alpha value is -1.52. The van der Waals surface area contributed by atoms with Crippen molar-refractivity contribution in [1.29, 1.82) is 0 Å². The molecule has 2 heterocycles. The fourth-order valence-electron chi connectivity index (χ4n) is 2.85. The fraction of sp³-hybridized carbons (Fsp3) is 0.471. The number of likely N-dealkylation sites (tertiary alicyclic amines) is 1. The van der Waals surface area contributed by atoms with Gasteiger partial charge in [0, 0.05) is 11.9 Å². The first kappa shape index (κ1) is 16.8. The average Bonchev–Trinajstić information content (AvgIpc) is 3.15. The summed E-state index contributed by atoms with van der Waals surface area (Å²) in [7, 11) is 0. The lowest BCUT2D eigenvalue weighted by molar-refractivity contribution is 0.0927. The Kier molecular flexibility index (Phi) is 6.28. The molecule has 1 N–H and O–H groups in total. The molecule has 0 saturated carbocycles. The quantitative estimate of drug-likeness (QED) is 0.828. The summed E-state index contributed by atoms with van der Waals surface area (Å²) in [6.45, 7) is 4.35. The Morgan fingerprint density at radius 3 is 2.73 bits per heavy atom. The number of benzene rings is 1. The molecule has 22 heavy (non-hydrogen) atoms. The highest BCUT2D eigenvalue weighted by Gasteiger charge is 2.12. The van der Waals surface area contributed by atoms with E-state index < -0.39 is 0 Å². The van der Waals surface area contributed by atoms with Gasteiger partial charge in [-0.15, -0.1) is 12.4 Å². The molecule has 0 radical (unpaired) electrons. The second-order valence-electron chi connectivity index (χ2n) is 5.66. The largest absolute Gasteiger partial charge is 0.451 e. The van der Waals surface area contributed by atoms with E-state index in [9.17, 15) is 4.79 Å². The van der Waals surface area contributed by atoms with E-state index in [1.54, 1.807) is 6.07 Å². The van der Waals surface area contributed by atoms with Gasteiger partial charge in [-0.05, 0) is 57.5 Å². The minimum absolute atomic E-state index is 0. The van der Waals surface area contributed by atoms with Crippen LogP contribution in [0.5, 0.6) is 0 Å². The number of unbranched alkanes of at least 4 members (excludes halogenated alkanes) is 1. The molecule has 1 saturated heterocycles. The summed E-state index contributed by atoms with van der Waals surface area (Å²) < 4.78 is 5.55. The van der Waals surface area contributed by atoms with Crippen LogP contribution in [0.1, 0.15) is 36.2 Å². The normalized spacial score (nSPS) is 14.9. The zero-order valence-corrected chi connectivity index (χ0v) is 13.5. The number of rotatable bonds is 6. The Bertz CT molecular complexity index is 572. The van der Waals surface area contributed by atoms with Crippen molar-refractivity contribution < 1.29 is 9.21 Å². The zero-order chi connectivity index (χ0) is 14.5. The van der Waals surface area contributed by atoms with Gasteiger partial charge >= 0.3 is 0 Å². The van der Waals surface area contributed by atoms with Crippen LogP contribution in [0.3, 0.4) is 0 Å². The van der Waals surface area contributed by atoms with Gasteiger partial charge in [-0.1, -0.05) is 18.2 Å². The Balaban J connectivity index is 0.00000176. The molecule has 2 aromatic rings. The van der Waals surface area contributed by atoms with Crippen LogP contribution in [0.2, 0.25) is 0 Å². The number of amides is 1. The number of hydrogen-bond donors (Lipinski definition) is 1. The maximum absolute atomic E-state index is 12.0. The molecule has 5 heteroatoms. The van der Waals surface area contributed by atoms with Gasteiger partial charge in [0.05, 0.1) is 0 Å². The number of para-hydroxylation sites is 1. The van der Waals surface area contributed by atoms with Crippen molar-refractivity contribution in [2.75, 3.05) is 26.2 Å². The first-order valence-corrected chi connectivity index (χ1v) is 7.82. The molecule has 1 amide bonds. The van der Waals surface area contributed by atoms with Crippen LogP contribution >= 0.6 is 12.4 Å². The van der Waals surface area contributed by atoms with Gasteiger partial charge in [0.1, 0.15) is 5.58 Å². The third kappa shape index (κ3) is 4.24. The lowest BCUT2D eigenvalue weighted by Crippen LogP contribution is -2.25. The van der Waals surface area contributed by atoms with Crippen LogP contribution in [-0.2, 0) is 0 Å². The van der Waals surface area contributed by atoms with Gasteiger partial charge in [0.2, 0.25) is 0 Å². The topological polar surface area (TPSA) is 45.5 Å². The monoisotopic (exact) mass is 322 g/mol. The summed E-state index contributed by atoms with van der Waals surface area (Å²) in [6, 6.07) is 9.48. The molecule has 4 nitrogen and oxygen atoms in total. The third-order valence-corrected chi connectivity index (χ3v) is 4.03. The second kappa shape index (κ2) is 8.20. The number of carbonyl (C=O) groups excluding carboxylic acids is 1. The summed E-state index contributed by atoms with van der Waals surface area (Å²) in [5, 5.41) is 3.90. The van der Waals surface area contributed by atoms with Gasteiger partial charge in [-0.25, -0.2) is 0 Å². The smallest absolute Gasteiger partial charge is 0.287 e. The van der Waals surface area contributed by atoms with Crippen molar-refractivity contribution in [1.82, 2.24) is 10.2 Å². The van der Waals surface area contributed by atoms with Crippen molar-refractivity contribution in [2.45, 2.75) is 25.7 Å². The maximum Gasteiger partial charge on any atom is 0.287 e. The predicted molar refractivity (Wildman–Crippen MR) is 90.7 cm³/mol. The Labute approximate surface area is 137 Å². The SMILES string of the molecule is Cl.O=C(NCCCCN1CCCC1)c1cc2ccccc2o1. The van der Waals surface area contributed by atoms with E-state index in [2.05, 4.69) is 10.2 Å². The van der Waals surface area contributed by atoms with Crippen LogP contribution in [-0.4, -0.2) is 37.0 Å². The van der Waals surface area contributed by atoms with Crippen molar-refractivity contribution in [3.05, 3.63) is 36.1 Å². The number of carbonyl (C=O) groups is 1. The molecule has 0 atom stereocenters. The summed E-state index contributed by atoms with van der Waals surface area (Å²) in [6.07, 6.45) is 4.83. The summed E-state index contributed by atoms with van der Waals surface area (Å²) >= 11 is 0. The van der Waals surface area contributed by atoms with E-state index in [4.69, 9.17) is 4.42 Å². The molecular formula is C17H23ClN2O2. The van der Waals surface area contributed by atoms with Crippen molar-refractivity contribution in [2.24, 2.45) is 0 Å². The van der Waals surface area contributed by atoms with Crippen molar-refractivity contribution >= 4 is 29.3 Å². The first-order chi connectivity index (χ1) is 10.3. The lowest BCUT2D eigenvalue weighted by atomic mass is 10.2. The van der Waals surface area contributed by atoms with E-state index in [-0.39, 0.29) is 18.3 Å². The number of nitrogens with zero attached hydrogens (tertiary/aromatic N) is 1. The van der Waals surface area contributed by atoms with Gasteiger partial charge in [0.15, 0.2) is 5.76 Å². The van der Waals surface area contributed by atoms with Crippen molar-refractivity contribution in [3.63, 3.8) is 0 Å². The van der Waals surface area contributed by atoms with E-state index in [0.29, 0.717) is 12.3 Å². The van der Waals surface area contributed by atoms with E-state index in [0.717, 1.165) is 30.4 Å².